The molecule has 3 nitrogen and oxygen atoms in total. The van der Waals surface area contributed by atoms with Crippen LogP contribution in [0, 0.1) is 0 Å². The van der Waals surface area contributed by atoms with Gasteiger partial charge in [-0.1, -0.05) is 11.6 Å². The van der Waals surface area contributed by atoms with E-state index in [1.165, 1.54) is 13.2 Å². The van der Waals surface area contributed by atoms with Gasteiger partial charge in [-0.2, -0.15) is 0 Å². The third kappa shape index (κ3) is 1.68. The Balaban J connectivity index is 3.13. The van der Waals surface area contributed by atoms with Crippen molar-refractivity contribution >= 4 is 17.5 Å². The fourth-order valence-electron chi connectivity index (χ4n) is 0.813. The lowest BCUT2D eigenvalue weighted by Crippen LogP contribution is -2.10. The Hall–Kier alpha value is -1.22. The zero-order chi connectivity index (χ0) is 9.14. The van der Waals surface area contributed by atoms with E-state index in [4.69, 9.17) is 22.1 Å². The second-order valence-electron chi connectivity index (χ2n) is 2.21. The van der Waals surface area contributed by atoms with E-state index in [0.29, 0.717) is 16.3 Å². The predicted molar refractivity (Wildman–Crippen MR) is 46.5 cm³/mol. The fraction of sp³-hybridized carbons (Fsp3) is 0.125. The first-order valence-corrected chi connectivity index (χ1v) is 3.66. The van der Waals surface area contributed by atoms with Crippen molar-refractivity contribution in [2.75, 3.05) is 7.11 Å². The van der Waals surface area contributed by atoms with Crippen LogP contribution in [-0.2, 0) is 0 Å². The van der Waals surface area contributed by atoms with Crippen LogP contribution in [-0.4, -0.2) is 13.0 Å². The number of carbonyl (C=O) groups is 1. The van der Waals surface area contributed by atoms with Crippen LogP contribution in [0.3, 0.4) is 0 Å². The molecule has 0 bridgehead atoms. The molecule has 0 aliphatic carbocycles. The SMILES string of the molecule is COc1cc(C(N)=O)ccc1Cl. The second-order valence-corrected chi connectivity index (χ2v) is 2.62. The molecule has 0 atom stereocenters. The maximum atomic E-state index is 10.7. The summed E-state index contributed by atoms with van der Waals surface area (Å²) in [7, 11) is 1.48. The standard InChI is InChI=1S/C8H8ClNO2/c1-12-7-4-5(8(10)11)2-3-6(7)9/h2-4H,1H3,(H2,10,11). The third-order valence-electron chi connectivity index (χ3n) is 1.44. The van der Waals surface area contributed by atoms with Crippen molar-refractivity contribution in [1.29, 1.82) is 0 Å². The Kier molecular flexibility index (Phi) is 2.55. The van der Waals surface area contributed by atoms with E-state index in [2.05, 4.69) is 0 Å². The highest BCUT2D eigenvalue weighted by atomic mass is 35.5. The summed E-state index contributed by atoms with van der Waals surface area (Å²) in [5.41, 5.74) is 5.44. The van der Waals surface area contributed by atoms with Crippen LogP contribution in [0.15, 0.2) is 18.2 Å². The molecule has 0 fully saturated rings. The van der Waals surface area contributed by atoms with E-state index in [-0.39, 0.29) is 0 Å². The largest absolute Gasteiger partial charge is 0.495 e. The van der Waals surface area contributed by atoms with Gasteiger partial charge in [0, 0.05) is 5.56 Å². The third-order valence-corrected chi connectivity index (χ3v) is 1.75. The number of methoxy groups -OCH3 is 1. The van der Waals surface area contributed by atoms with Crippen molar-refractivity contribution in [3.05, 3.63) is 28.8 Å². The highest BCUT2D eigenvalue weighted by molar-refractivity contribution is 6.32. The first kappa shape index (κ1) is 8.87. The summed E-state index contributed by atoms with van der Waals surface area (Å²) in [5.74, 6) is -0.0436. The number of carbonyl (C=O) groups excluding carboxylic acids is 1. The van der Waals surface area contributed by atoms with E-state index >= 15 is 0 Å². The van der Waals surface area contributed by atoms with Crippen LogP contribution in [0.4, 0.5) is 0 Å². The Labute approximate surface area is 75.1 Å². The summed E-state index contributed by atoms with van der Waals surface area (Å²) >= 11 is 5.72. The second kappa shape index (κ2) is 3.45. The van der Waals surface area contributed by atoms with Gasteiger partial charge in [-0.05, 0) is 18.2 Å². The smallest absolute Gasteiger partial charge is 0.248 e. The maximum Gasteiger partial charge on any atom is 0.248 e. The molecule has 0 radical (unpaired) electrons. The minimum absolute atomic E-state index is 0.385. The molecule has 4 heteroatoms. The highest BCUT2D eigenvalue weighted by Gasteiger charge is 2.04. The predicted octanol–water partition coefficient (Wildman–Crippen LogP) is 1.45. The molecule has 0 aliphatic rings. The van der Waals surface area contributed by atoms with Gasteiger partial charge in [-0.25, -0.2) is 0 Å². The monoisotopic (exact) mass is 185 g/mol. The van der Waals surface area contributed by atoms with Gasteiger partial charge in [0.25, 0.3) is 0 Å². The summed E-state index contributed by atoms with van der Waals surface area (Å²) < 4.78 is 4.90. The fourth-order valence-corrected chi connectivity index (χ4v) is 1.01. The summed E-state index contributed by atoms with van der Waals surface area (Å²) in [6.45, 7) is 0. The lowest BCUT2D eigenvalue weighted by atomic mass is 10.2. The van der Waals surface area contributed by atoms with E-state index in [0.717, 1.165) is 0 Å². The molecular weight excluding hydrogens is 178 g/mol. The van der Waals surface area contributed by atoms with Crippen LogP contribution in [0.5, 0.6) is 5.75 Å². The molecule has 1 aromatic rings. The lowest BCUT2D eigenvalue weighted by molar-refractivity contribution is 0.1000. The molecule has 0 spiro atoms. The molecule has 0 aromatic heterocycles. The van der Waals surface area contributed by atoms with Gasteiger partial charge in [0.15, 0.2) is 0 Å². The van der Waals surface area contributed by atoms with Gasteiger partial charge in [-0.3, -0.25) is 4.79 Å². The van der Waals surface area contributed by atoms with Crippen molar-refractivity contribution in [3.63, 3.8) is 0 Å². The molecule has 1 rings (SSSR count). The molecule has 0 unspecified atom stereocenters. The van der Waals surface area contributed by atoms with Crippen molar-refractivity contribution in [3.8, 4) is 5.75 Å². The topological polar surface area (TPSA) is 52.3 Å². The number of hydrogen-bond donors (Lipinski definition) is 1. The Morgan fingerprint density at radius 1 is 1.58 bits per heavy atom. The molecule has 1 aromatic carbocycles. The zero-order valence-electron chi connectivity index (χ0n) is 6.50. The Bertz CT molecular complexity index is 312. The van der Waals surface area contributed by atoms with Crippen molar-refractivity contribution in [2.45, 2.75) is 0 Å². The van der Waals surface area contributed by atoms with Gasteiger partial charge in [0.05, 0.1) is 12.1 Å². The molecule has 0 aliphatic heterocycles. The van der Waals surface area contributed by atoms with E-state index < -0.39 is 5.91 Å². The number of hydrogen-bond acceptors (Lipinski definition) is 2. The normalized spacial score (nSPS) is 9.50. The van der Waals surface area contributed by atoms with Crippen LogP contribution < -0.4 is 10.5 Å². The van der Waals surface area contributed by atoms with Crippen molar-refractivity contribution < 1.29 is 9.53 Å². The Morgan fingerprint density at radius 3 is 2.75 bits per heavy atom. The average Bonchev–Trinajstić information content (AvgIpc) is 2.05. The zero-order valence-corrected chi connectivity index (χ0v) is 7.26. The number of ether oxygens (including phenoxy) is 1. The van der Waals surface area contributed by atoms with Gasteiger partial charge in [-0.15, -0.1) is 0 Å². The van der Waals surface area contributed by atoms with Crippen molar-refractivity contribution in [2.24, 2.45) is 5.73 Å². The van der Waals surface area contributed by atoms with E-state index in [1.807, 2.05) is 0 Å². The molecule has 12 heavy (non-hydrogen) atoms. The van der Waals surface area contributed by atoms with Crippen molar-refractivity contribution in [1.82, 2.24) is 0 Å². The summed E-state index contributed by atoms with van der Waals surface area (Å²) in [5, 5.41) is 0.461. The van der Waals surface area contributed by atoms with E-state index in [9.17, 15) is 4.79 Å². The summed E-state index contributed by atoms with van der Waals surface area (Å²) in [4.78, 5) is 10.7. The summed E-state index contributed by atoms with van der Waals surface area (Å²) in [6.07, 6.45) is 0. The number of halogens is 1. The molecular formula is C8H8ClNO2. The Morgan fingerprint density at radius 2 is 2.25 bits per heavy atom. The molecule has 64 valence electrons. The molecule has 0 saturated heterocycles. The first-order valence-electron chi connectivity index (χ1n) is 3.28. The van der Waals surface area contributed by atoms with E-state index in [1.54, 1.807) is 12.1 Å². The quantitative estimate of drug-likeness (QED) is 0.758. The minimum atomic E-state index is -0.495. The number of primary amides is 1. The maximum absolute atomic E-state index is 10.7. The summed E-state index contributed by atoms with van der Waals surface area (Å²) in [6, 6.07) is 4.62. The highest BCUT2D eigenvalue weighted by Crippen LogP contribution is 2.24. The van der Waals surface area contributed by atoms with Gasteiger partial charge in [0.2, 0.25) is 5.91 Å². The van der Waals surface area contributed by atoms with Crippen LogP contribution in [0.2, 0.25) is 5.02 Å². The van der Waals surface area contributed by atoms with Gasteiger partial charge in [0.1, 0.15) is 5.75 Å². The average molecular weight is 186 g/mol. The molecule has 0 saturated carbocycles. The molecule has 0 heterocycles. The lowest BCUT2D eigenvalue weighted by Gasteiger charge is -2.03. The number of nitrogens with two attached hydrogens (primary N) is 1. The molecule has 1 amide bonds. The number of benzene rings is 1. The number of rotatable bonds is 2. The van der Waals surface area contributed by atoms with Crippen LogP contribution in [0.1, 0.15) is 10.4 Å². The minimum Gasteiger partial charge on any atom is -0.495 e. The first-order chi connectivity index (χ1) is 5.65. The number of amides is 1. The molecule has 2 N–H and O–H groups in total. The van der Waals surface area contributed by atoms with Gasteiger partial charge < -0.3 is 10.5 Å². The van der Waals surface area contributed by atoms with Crippen LogP contribution in [0.25, 0.3) is 0 Å². The van der Waals surface area contributed by atoms with Crippen LogP contribution >= 0.6 is 11.6 Å². The van der Waals surface area contributed by atoms with Gasteiger partial charge >= 0.3 is 0 Å².